The van der Waals surface area contributed by atoms with Gasteiger partial charge in [0, 0.05) is 25.7 Å². The lowest BCUT2D eigenvalue weighted by Crippen LogP contribution is -2.55. The van der Waals surface area contributed by atoms with Gasteiger partial charge in [0.1, 0.15) is 5.60 Å². The van der Waals surface area contributed by atoms with Gasteiger partial charge >= 0.3 is 6.09 Å². The van der Waals surface area contributed by atoms with Crippen LogP contribution in [0.25, 0.3) is 11.0 Å². The third-order valence-electron chi connectivity index (χ3n) is 4.06. The first-order valence-electron chi connectivity index (χ1n) is 8.41. The maximum absolute atomic E-state index is 12.3. The van der Waals surface area contributed by atoms with Crippen molar-refractivity contribution in [3.05, 3.63) is 29.4 Å². The highest BCUT2D eigenvalue weighted by molar-refractivity contribution is 6.32. The molecule has 1 amide bonds. The lowest BCUT2D eigenvalue weighted by Gasteiger charge is -2.40. The monoisotopic (exact) mass is 362 g/mol. The smallest absolute Gasteiger partial charge is 0.410 e. The minimum Gasteiger partial charge on any atom is -0.444 e. The van der Waals surface area contributed by atoms with Crippen LogP contribution in [0.3, 0.4) is 0 Å². The Hall–Kier alpha value is -2.08. The molecular formula is C18H23ClN4O2. The second-order valence-corrected chi connectivity index (χ2v) is 7.65. The van der Waals surface area contributed by atoms with Crippen LogP contribution in [0.2, 0.25) is 5.15 Å². The summed E-state index contributed by atoms with van der Waals surface area (Å²) in [5, 5.41) is 0.385. The Morgan fingerprint density at radius 2 is 1.84 bits per heavy atom. The van der Waals surface area contributed by atoms with Crippen LogP contribution in [-0.4, -0.2) is 52.2 Å². The van der Waals surface area contributed by atoms with E-state index >= 15 is 0 Å². The van der Waals surface area contributed by atoms with Gasteiger partial charge in [-0.2, -0.15) is 0 Å². The Morgan fingerprint density at radius 3 is 2.44 bits per heavy atom. The summed E-state index contributed by atoms with van der Waals surface area (Å²) in [7, 11) is 0. The van der Waals surface area contributed by atoms with Gasteiger partial charge in [0.05, 0.1) is 11.0 Å². The lowest BCUT2D eigenvalue weighted by atomic mass is 10.2. The molecule has 0 aliphatic carbocycles. The van der Waals surface area contributed by atoms with Crippen molar-refractivity contribution in [2.75, 3.05) is 24.5 Å². The average molecular weight is 363 g/mol. The number of nitrogens with zero attached hydrogens (tertiary/aromatic N) is 4. The summed E-state index contributed by atoms with van der Waals surface area (Å²) in [4.78, 5) is 25.2. The molecule has 0 spiro atoms. The minimum atomic E-state index is -0.495. The van der Waals surface area contributed by atoms with Gasteiger partial charge in [0.25, 0.3) is 0 Å². The number of halogens is 1. The summed E-state index contributed by atoms with van der Waals surface area (Å²) in [6.07, 6.45) is -0.283. The van der Waals surface area contributed by atoms with Crippen LogP contribution < -0.4 is 4.90 Å². The second kappa shape index (κ2) is 6.67. The first kappa shape index (κ1) is 17.7. The van der Waals surface area contributed by atoms with Crippen LogP contribution in [0.4, 0.5) is 10.6 Å². The second-order valence-electron chi connectivity index (χ2n) is 7.30. The number of aromatic nitrogens is 2. The summed E-state index contributed by atoms with van der Waals surface area (Å²) in [5.41, 5.74) is 1.09. The highest BCUT2D eigenvalue weighted by Crippen LogP contribution is 2.28. The molecule has 1 aliphatic rings. The van der Waals surface area contributed by atoms with Crippen molar-refractivity contribution in [2.45, 2.75) is 39.3 Å². The molecule has 1 atom stereocenters. The van der Waals surface area contributed by atoms with E-state index in [0.717, 1.165) is 11.0 Å². The number of para-hydroxylation sites is 2. The maximum Gasteiger partial charge on any atom is 0.410 e. The van der Waals surface area contributed by atoms with Crippen LogP contribution in [0.1, 0.15) is 27.7 Å². The van der Waals surface area contributed by atoms with E-state index in [1.165, 1.54) is 0 Å². The normalized spacial score (nSPS) is 18.5. The van der Waals surface area contributed by atoms with E-state index in [1.54, 1.807) is 4.90 Å². The number of rotatable bonds is 1. The van der Waals surface area contributed by atoms with Gasteiger partial charge in [-0.05, 0) is 39.8 Å². The number of amides is 1. The summed E-state index contributed by atoms with van der Waals surface area (Å²) >= 11 is 6.37. The van der Waals surface area contributed by atoms with Crippen LogP contribution in [0.5, 0.6) is 0 Å². The highest BCUT2D eigenvalue weighted by atomic mass is 35.5. The van der Waals surface area contributed by atoms with Crippen molar-refractivity contribution >= 4 is 34.5 Å². The topological polar surface area (TPSA) is 58.6 Å². The molecule has 1 fully saturated rings. The van der Waals surface area contributed by atoms with Gasteiger partial charge in [-0.25, -0.2) is 14.8 Å². The predicted octanol–water partition coefficient (Wildman–Crippen LogP) is 3.73. The van der Waals surface area contributed by atoms with Crippen molar-refractivity contribution < 1.29 is 9.53 Å². The molecule has 1 aromatic carbocycles. The van der Waals surface area contributed by atoms with E-state index in [4.69, 9.17) is 16.3 Å². The van der Waals surface area contributed by atoms with Crippen molar-refractivity contribution in [1.82, 2.24) is 14.9 Å². The van der Waals surface area contributed by atoms with E-state index in [-0.39, 0.29) is 12.1 Å². The number of hydrogen-bond acceptors (Lipinski definition) is 5. The van der Waals surface area contributed by atoms with Crippen LogP contribution in [0, 0.1) is 0 Å². The summed E-state index contributed by atoms with van der Waals surface area (Å²) in [6, 6.07) is 7.72. The van der Waals surface area contributed by atoms with E-state index in [0.29, 0.717) is 30.6 Å². The molecule has 25 heavy (non-hydrogen) atoms. The Morgan fingerprint density at radius 1 is 1.20 bits per heavy atom. The maximum atomic E-state index is 12.3. The summed E-state index contributed by atoms with van der Waals surface area (Å²) < 4.78 is 5.46. The molecule has 2 heterocycles. The number of carbonyl (C=O) groups is 1. The summed E-state index contributed by atoms with van der Waals surface area (Å²) in [5.74, 6) is 0.664. The molecule has 0 bridgehead atoms. The molecule has 1 aliphatic heterocycles. The van der Waals surface area contributed by atoms with E-state index in [2.05, 4.69) is 14.9 Å². The molecule has 0 N–H and O–H groups in total. The van der Waals surface area contributed by atoms with Gasteiger partial charge in [-0.3, -0.25) is 0 Å². The lowest BCUT2D eigenvalue weighted by molar-refractivity contribution is 0.0218. The van der Waals surface area contributed by atoms with Crippen LogP contribution >= 0.6 is 11.6 Å². The largest absolute Gasteiger partial charge is 0.444 e. The number of ether oxygens (including phenoxy) is 1. The zero-order valence-electron chi connectivity index (χ0n) is 15.0. The number of piperazine rings is 1. The SMILES string of the molecule is CC1CN(C(=O)OC(C)(C)C)CCN1c1nc2ccccc2nc1Cl. The molecule has 7 heteroatoms. The van der Waals surface area contributed by atoms with E-state index < -0.39 is 5.60 Å². The van der Waals surface area contributed by atoms with Crippen molar-refractivity contribution in [3.63, 3.8) is 0 Å². The first-order chi connectivity index (χ1) is 11.7. The molecule has 0 radical (unpaired) electrons. The van der Waals surface area contributed by atoms with Crippen LogP contribution in [-0.2, 0) is 4.74 Å². The zero-order valence-corrected chi connectivity index (χ0v) is 15.7. The number of hydrogen-bond donors (Lipinski definition) is 0. The van der Waals surface area contributed by atoms with Gasteiger partial charge < -0.3 is 14.5 Å². The number of benzene rings is 1. The Kier molecular flexibility index (Phi) is 4.73. The third kappa shape index (κ3) is 3.95. The Bertz CT molecular complexity index is 790. The fourth-order valence-electron chi connectivity index (χ4n) is 2.92. The molecule has 3 rings (SSSR count). The molecule has 0 saturated carbocycles. The quantitative estimate of drug-likeness (QED) is 0.773. The molecule has 134 valence electrons. The van der Waals surface area contributed by atoms with Crippen molar-refractivity contribution in [2.24, 2.45) is 0 Å². The minimum absolute atomic E-state index is 0.0641. The average Bonchev–Trinajstić information content (AvgIpc) is 2.53. The molecule has 1 saturated heterocycles. The number of fused-ring (bicyclic) bond motifs is 1. The number of carbonyl (C=O) groups excluding carboxylic acids is 1. The molecule has 2 aromatic rings. The molecular weight excluding hydrogens is 340 g/mol. The fraction of sp³-hybridized carbons (Fsp3) is 0.500. The van der Waals surface area contributed by atoms with Gasteiger partial charge in [0.15, 0.2) is 11.0 Å². The fourth-order valence-corrected chi connectivity index (χ4v) is 3.16. The molecule has 6 nitrogen and oxygen atoms in total. The predicted molar refractivity (Wildman–Crippen MR) is 99.2 cm³/mol. The molecule has 1 aromatic heterocycles. The summed E-state index contributed by atoms with van der Waals surface area (Å²) in [6.45, 7) is 9.40. The van der Waals surface area contributed by atoms with Gasteiger partial charge in [0.2, 0.25) is 0 Å². The van der Waals surface area contributed by atoms with E-state index in [1.807, 2.05) is 52.0 Å². The zero-order chi connectivity index (χ0) is 18.2. The molecule has 1 unspecified atom stereocenters. The highest BCUT2D eigenvalue weighted by Gasteiger charge is 2.31. The van der Waals surface area contributed by atoms with Crippen molar-refractivity contribution in [3.8, 4) is 0 Å². The van der Waals surface area contributed by atoms with Crippen LogP contribution in [0.15, 0.2) is 24.3 Å². The first-order valence-corrected chi connectivity index (χ1v) is 8.79. The Labute approximate surface area is 152 Å². The number of anilines is 1. The van der Waals surface area contributed by atoms with E-state index in [9.17, 15) is 4.79 Å². The standard InChI is InChI=1S/C18H23ClN4O2/c1-12-11-22(17(24)25-18(2,3)4)9-10-23(12)16-15(19)20-13-7-5-6-8-14(13)21-16/h5-8,12H,9-11H2,1-4H3. The van der Waals surface area contributed by atoms with Gasteiger partial charge in [-0.15, -0.1) is 0 Å². The van der Waals surface area contributed by atoms with Gasteiger partial charge in [-0.1, -0.05) is 23.7 Å². The Balaban J connectivity index is 1.78. The van der Waals surface area contributed by atoms with Crippen molar-refractivity contribution in [1.29, 1.82) is 0 Å². The third-order valence-corrected chi connectivity index (χ3v) is 4.32.